The number of H-pyrrole nitrogens is 1. The van der Waals surface area contributed by atoms with Crippen LogP contribution in [0.1, 0.15) is 32.3 Å². The quantitative estimate of drug-likeness (QED) is 0.644. The Morgan fingerprint density at radius 1 is 1.07 bits per heavy atom. The number of carbonyl (C=O) groups is 1. The normalized spacial score (nSPS) is 19.5. The van der Waals surface area contributed by atoms with Crippen LogP contribution in [0.15, 0.2) is 48.5 Å². The molecule has 1 saturated heterocycles. The van der Waals surface area contributed by atoms with E-state index >= 15 is 0 Å². The number of methoxy groups -OCH3 is 1. The molecular weight excluding hydrogens is 360 g/mol. The van der Waals surface area contributed by atoms with Gasteiger partial charge in [0.25, 0.3) is 0 Å². The summed E-state index contributed by atoms with van der Waals surface area (Å²) in [5.41, 5.74) is 4.55. The van der Waals surface area contributed by atoms with Crippen molar-refractivity contribution in [2.24, 2.45) is 11.8 Å². The van der Waals surface area contributed by atoms with Crippen LogP contribution in [-0.4, -0.2) is 36.0 Å². The number of amides is 1. The lowest BCUT2D eigenvalue weighted by Crippen LogP contribution is -2.42. The zero-order chi connectivity index (χ0) is 20.4. The molecule has 152 valence electrons. The van der Waals surface area contributed by atoms with E-state index in [1.165, 1.54) is 17.4 Å². The predicted octanol–water partition coefficient (Wildman–Crippen LogP) is 5.28. The molecule has 0 spiro atoms. The van der Waals surface area contributed by atoms with Gasteiger partial charge in [0.05, 0.1) is 7.11 Å². The maximum Gasteiger partial charge on any atom is 0.222 e. The largest absolute Gasteiger partial charge is 0.497 e. The zero-order valence-corrected chi connectivity index (χ0v) is 17.6. The lowest BCUT2D eigenvalue weighted by atomic mass is 9.91. The SMILES string of the molecule is COc1ccc(-c2[nH]c3ccccc3c2CCC(=O)N2CC(C)CC(C)C2)cc1. The Hall–Kier alpha value is -2.75. The lowest BCUT2D eigenvalue weighted by molar-refractivity contribution is -0.133. The summed E-state index contributed by atoms with van der Waals surface area (Å²) in [4.78, 5) is 18.6. The second kappa shape index (κ2) is 8.32. The Balaban J connectivity index is 1.59. The highest BCUT2D eigenvalue weighted by molar-refractivity contribution is 5.91. The number of hydrogen-bond acceptors (Lipinski definition) is 2. The fourth-order valence-electron chi connectivity index (χ4n) is 4.72. The number of nitrogens with zero attached hydrogens (tertiary/aromatic N) is 1. The van der Waals surface area contributed by atoms with Crippen LogP contribution in [0.2, 0.25) is 0 Å². The lowest BCUT2D eigenvalue weighted by Gasteiger charge is -2.35. The van der Waals surface area contributed by atoms with Gasteiger partial charge >= 0.3 is 0 Å². The summed E-state index contributed by atoms with van der Waals surface area (Å²) in [5, 5.41) is 1.20. The van der Waals surface area contributed by atoms with Gasteiger partial charge in [0.2, 0.25) is 5.91 Å². The van der Waals surface area contributed by atoms with Crippen LogP contribution >= 0.6 is 0 Å². The van der Waals surface area contributed by atoms with E-state index in [2.05, 4.69) is 54.1 Å². The molecule has 1 fully saturated rings. The fraction of sp³-hybridized carbons (Fsp3) is 0.400. The second-order valence-corrected chi connectivity index (χ2v) is 8.50. The van der Waals surface area contributed by atoms with Crippen LogP contribution in [0, 0.1) is 11.8 Å². The van der Waals surface area contributed by atoms with Crippen molar-refractivity contribution in [1.29, 1.82) is 0 Å². The topological polar surface area (TPSA) is 45.3 Å². The van der Waals surface area contributed by atoms with Gasteiger partial charge in [0, 0.05) is 36.1 Å². The van der Waals surface area contributed by atoms with Gasteiger partial charge in [0.1, 0.15) is 5.75 Å². The number of ether oxygens (including phenoxy) is 1. The van der Waals surface area contributed by atoms with Gasteiger partial charge < -0.3 is 14.6 Å². The van der Waals surface area contributed by atoms with Crippen LogP contribution in [-0.2, 0) is 11.2 Å². The summed E-state index contributed by atoms with van der Waals surface area (Å²) in [7, 11) is 1.68. The van der Waals surface area contributed by atoms with E-state index < -0.39 is 0 Å². The summed E-state index contributed by atoms with van der Waals surface area (Å²) in [5.74, 6) is 2.29. The van der Waals surface area contributed by atoms with Crippen LogP contribution in [0.3, 0.4) is 0 Å². The Labute approximate surface area is 172 Å². The van der Waals surface area contributed by atoms with Crippen molar-refractivity contribution < 1.29 is 9.53 Å². The van der Waals surface area contributed by atoms with Crippen LogP contribution in [0.4, 0.5) is 0 Å². The molecule has 2 heterocycles. The van der Waals surface area contributed by atoms with Crippen molar-refractivity contribution in [3.05, 3.63) is 54.1 Å². The molecule has 0 saturated carbocycles. The standard InChI is InChI=1S/C25H30N2O2/c1-17-14-18(2)16-27(15-17)24(28)13-12-22-21-6-4-5-7-23(21)26-25(22)19-8-10-20(29-3)11-9-19/h4-11,17-18,26H,12-16H2,1-3H3. The van der Waals surface area contributed by atoms with E-state index in [4.69, 9.17) is 4.74 Å². The van der Waals surface area contributed by atoms with Gasteiger partial charge in [-0.15, -0.1) is 0 Å². The van der Waals surface area contributed by atoms with Crippen molar-refractivity contribution in [1.82, 2.24) is 9.88 Å². The molecular formula is C25H30N2O2. The number of fused-ring (bicyclic) bond motifs is 1. The summed E-state index contributed by atoms with van der Waals surface area (Å²) in [6, 6.07) is 16.4. The first kappa shape index (κ1) is 19.6. The maximum atomic E-state index is 13.0. The third-order valence-corrected chi connectivity index (χ3v) is 6.00. The molecule has 0 aliphatic carbocycles. The first-order chi connectivity index (χ1) is 14.0. The minimum Gasteiger partial charge on any atom is -0.497 e. The molecule has 2 aromatic carbocycles. The number of piperidine rings is 1. The Morgan fingerprint density at radius 3 is 2.45 bits per heavy atom. The third kappa shape index (κ3) is 4.16. The number of aryl methyl sites for hydroxylation is 1. The van der Waals surface area contributed by atoms with Gasteiger partial charge in [-0.05, 0) is 66.1 Å². The van der Waals surface area contributed by atoms with E-state index in [1.54, 1.807) is 7.11 Å². The molecule has 0 bridgehead atoms. The second-order valence-electron chi connectivity index (χ2n) is 8.50. The highest BCUT2D eigenvalue weighted by Gasteiger charge is 2.25. The number of hydrogen-bond donors (Lipinski definition) is 1. The van der Waals surface area contributed by atoms with E-state index in [9.17, 15) is 4.79 Å². The van der Waals surface area contributed by atoms with Crippen molar-refractivity contribution in [3.63, 3.8) is 0 Å². The van der Waals surface area contributed by atoms with Crippen molar-refractivity contribution in [2.75, 3.05) is 20.2 Å². The van der Waals surface area contributed by atoms with Gasteiger partial charge in [-0.3, -0.25) is 4.79 Å². The third-order valence-electron chi connectivity index (χ3n) is 6.00. The molecule has 4 heteroatoms. The number of aromatic nitrogens is 1. The minimum absolute atomic E-state index is 0.273. The summed E-state index contributed by atoms with van der Waals surface area (Å²) >= 11 is 0. The first-order valence-electron chi connectivity index (χ1n) is 10.6. The van der Waals surface area contributed by atoms with Gasteiger partial charge in [0.15, 0.2) is 0 Å². The smallest absolute Gasteiger partial charge is 0.222 e. The first-order valence-corrected chi connectivity index (χ1v) is 10.6. The van der Waals surface area contributed by atoms with Crippen LogP contribution in [0.25, 0.3) is 22.2 Å². The van der Waals surface area contributed by atoms with Gasteiger partial charge in [-0.1, -0.05) is 32.0 Å². The Bertz CT molecular complexity index is 980. The average molecular weight is 391 g/mol. The number of para-hydroxylation sites is 1. The molecule has 1 N–H and O–H groups in total. The van der Waals surface area contributed by atoms with Gasteiger partial charge in [-0.25, -0.2) is 0 Å². The minimum atomic E-state index is 0.273. The number of aromatic amines is 1. The predicted molar refractivity (Wildman–Crippen MR) is 118 cm³/mol. The molecule has 1 amide bonds. The average Bonchev–Trinajstić information content (AvgIpc) is 3.10. The van der Waals surface area contributed by atoms with E-state index in [-0.39, 0.29) is 5.91 Å². The fourth-order valence-corrected chi connectivity index (χ4v) is 4.72. The summed E-state index contributed by atoms with van der Waals surface area (Å²) in [6.45, 7) is 6.28. The Kier molecular flexibility index (Phi) is 5.61. The maximum absolute atomic E-state index is 13.0. The van der Waals surface area contributed by atoms with Crippen molar-refractivity contribution >= 4 is 16.8 Å². The number of likely N-dealkylation sites (tertiary alicyclic amines) is 1. The molecule has 4 rings (SSSR count). The highest BCUT2D eigenvalue weighted by atomic mass is 16.5. The monoisotopic (exact) mass is 390 g/mol. The molecule has 4 nitrogen and oxygen atoms in total. The molecule has 1 aromatic heterocycles. The number of nitrogens with one attached hydrogen (secondary N) is 1. The van der Waals surface area contributed by atoms with Crippen molar-refractivity contribution in [2.45, 2.75) is 33.1 Å². The van der Waals surface area contributed by atoms with Crippen LogP contribution in [0.5, 0.6) is 5.75 Å². The number of rotatable bonds is 5. The van der Waals surface area contributed by atoms with E-state index in [0.29, 0.717) is 18.3 Å². The molecule has 2 unspecified atom stereocenters. The number of carbonyl (C=O) groups excluding carboxylic acids is 1. The molecule has 2 atom stereocenters. The number of benzene rings is 2. The summed E-state index contributed by atoms with van der Waals surface area (Å²) < 4.78 is 5.30. The molecule has 1 aliphatic rings. The molecule has 1 aliphatic heterocycles. The van der Waals surface area contributed by atoms with E-state index in [1.807, 2.05) is 18.2 Å². The molecule has 3 aromatic rings. The van der Waals surface area contributed by atoms with Crippen LogP contribution < -0.4 is 4.74 Å². The van der Waals surface area contributed by atoms with Crippen molar-refractivity contribution in [3.8, 4) is 17.0 Å². The molecule has 0 radical (unpaired) electrons. The Morgan fingerprint density at radius 2 is 1.76 bits per heavy atom. The van der Waals surface area contributed by atoms with E-state index in [0.717, 1.165) is 42.0 Å². The molecule has 29 heavy (non-hydrogen) atoms. The zero-order valence-electron chi connectivity index (χ0n) is 17.6. The van der Waals surface area contributed by atoms with Gasteiger partial charge in [-0.2, -0.15) is 0 Å². The highest BCUT2D eigenvalue weighted by Crippen LogP contribution is 2.32. The summed E-state index contributed by atoms with van der Waals surface area (Å²) in [6.07, 6.45) is 2.50.